The Morgan fingerprint density at radius 2 is 2.09 bits per heavy atom. The van der Waals surface area contributed by atoms with E-state index in [0.29, 0.717) is 0 Å². The summed E-state index contributed by atoms with van der Waals surface area (Å²) in [4.78, 5) is 6.48. The van der Waals surface area contributed by atoms with Crippen molar-refractivity contribution in [3.05, 3.63) is 48.5 Å². The Bertz CT molecular complexity index is 608. The summed E-state index contributed by atoms with van der Waals surface area (Å²) >= 11 is 0. The van der Waals surface area contributed by atoms with Gasteiger partial charge in [-0.05, 0) is 44.0 Å². The number of likely N-dealkylation sites (tertiary alicyclic amines) is 1. The maximum Gasteiger partial charge on any atom is 0.118 e. The van der Waals surface area contributed by atoms with Crippen LogP contribution in [-0.4, -0.2) is 45.8 Å². The second-order valence-electron chi connectivity index (χ2n) is 6.37. The molecule has 0 spiro atoms. The van der Waals surface area contributed by atoms with E-state index in [1.165, 1.54) is 0 Å². The maximum absolute atomic E-state index is 11.2. The fourth-order valence-electron chi connectivity index (χ4n) is 3.51. The molecule has 0 amide bonds. The SMILES string of the molecule is COc1ccc([C@@](C)(O)[C@@H]2CCCN2CCn2ccnc2)cc1. The van der Waals surface area contributed by atoms with Gasteiger partial charge >= 0.3 is 0 Å². The lowest BCUT2D eigenvalue weighted by Gasteiger charge is -2.37. The first-order valence-electron chi connectivity index (χ1n) is 8.18. The fourth-order valence-corrected chi connectivity index (χ4v) is 3.51. The minimum Gasteiger partial charge on any atom is -0.497 e. The van der Waals surface area contributed by atoms with E-state index in [1.807, 2.05) is 43.7 Å². The number of hydrogen-bond acceptors (Lipinski definition) is 4. The van der Waals surface area contributed by atoms with Crippen LogP contribution in [-0.2, 0) is 12.1 Å². The number of hydrogen-bond donors (Lipinski definition) is 1. The monoisotopic (exact) mass is 315 g/mol. The smallest absolute Gasteiger partial charge is 0.118 e. The molecule has 5 heteroatoms. The second kappa shape index (κ2) is 6.72. The molecule has 2 aromatic rings. The molecule has 1 aliphatic heterocycles. The van der Waals surface area contributed by atoms with E-state index in [0.717, 1.165) is 43.8 Å². The highest BCUT2D eigenvalue weighted by Gasteiger charge is 2.40. The van der Waals surface area contributed by atoms with Gasteiger partial charge in [0, 0.05) is 31.5 Å². The van der Waals surface area contributed by atoms with Crippen molar-refractivity contribution in [1.82, 2.24) is 14.5 Å². The van der Waals surface area contributed by atoms with Crippen molar-refractivity contribution in [2.75, 3.05) is 20.2 Å². The Labute approximate surface area is 137 Å². The zero-order valence-corrected chi connectivity index (χ0v) is 13.9. The van der Waals surface area contributed by atoms with Gasteiger partial charge < -0.3 is 14.4 Å². The van der Waals surface area contributed by atoms with Gasteiger partial charge in [-0.25, -0.2) is 4.98 Å². The third-order valence-electron chi connectivity index (χ3n) is 4.89. The minimum absolute atomic E-state index is 0.138. The summed E-state index contributed by atoms with van der Waals surface area (Å²) in [6.07, 6.45) is 7.76. The van der Waals surface area contributed by atoms with E-state index >= 15 is 0 Å². The molecule has 0 bridgehead atoms. The summed E-state index contributed by atoms with van der Waals surface area (Å²) in [6, 6.07) is 7.89. The van der Waals surface area contributed by atoms with Crippen molar-refractivity contribution < 1.29 is 9.84 Å². The Morgan fingerprint density at radius 1 is 1.30 bits per heavy atom. The first-order valence-corrected chi connectivity index (χ1v) is 8.18. The Morgan fingerprint density at radius 3 is 2.74 bits per heavy atom. The molecule has 3 rings (SSSR count). The van der Waals surface area contributed by atoms with Crippen LogP contribution in [0.4, 0.5) is 0 Å². The molecule has 0 unspecified atom stereocenters. The second-order valence-corrected chi connectivity index (χ2v) is 6.37. The van der Waals surface area contributed by atoms with E-state index in [-0.39, 0.29) is 6.04 Å². The Hall–Kier alpha value is -1.85. The van der Waals surface area contributed by atoms with E-state index in [1.54, 1.807) is 13.3 Å². The molecule has 2 heterocycles. The topological polar surface area (TPSA) is 50.5 Å². The van der Waals surface area contributed by atoms with Gasteiger partial charge in [-0.3, -0.25) is 4.90 Å². The van der Waals surface area contributed by atoms with E-state index in [4.69, 9.17) is 4.74 Å². The molecule has 124 valence electrons. The van der Waals surface area contributed by atoms with Gasteiger partial charge in [0.1, 0.15) is 11.4 Å². The predicted octanol–water partition coefficient (Wildman–Crippen LogP) is 2.26. The molecule has 1 N–H and O–H groups in total. The number of imidazole rings is 1. The lowest BCUT2D eigenvalue weighted by Crippen LogP contribution is -2.46. The molecule has 1 aliphatic rings. The third kappa shape index (κ3) is 3.41. The molecule has 1 aromatic carbocycles. The molecular weight excluding hydrogens is 290 g/mol. The summed E-state index contributed by atoms with van der Waals surface area (Å²) in [5.74, 6) is 0.813. The van der Waals surface area contributed by atoms with Crippen molar-refractivity contribution in [3.8, 4) is 5.75 Å². The van der Waals surface area contributed by atoms with Gasteiger partial charge in [0.05, 0.1) is 13.4 Å². The van der Waals surface area contributed by atoms with Crippen molar-refractivity contribution >= 4 is 0 Å². The lowest BCUT2D eigenvalue weighted by molar-refractivity contribution is -0.0237. The summed E-state index contributed by atoms with van der Waals surface area (Å²) < 4.78 is 7.29. The molecular formula is C18H25N3O2. The molecule has 23 heavy (non-hydrogen) atoms. The molecule has 1 fully saturated rings. The van der Waals surface area contributed by atoms with Crippen LogP contribution in [0.3, 0.4) is 0 Å². The quantitative estimate of drug-likeness (QED) is 0.888. The normalized spacial score (nSPS) is 21.3. The molecule has 0 radical (unpaired) electrons. The number of aromatic nitrogens is 2. The van der Waals surface area contributed by atoms with E-state index in [9.17, 15) is 5.11 Å². The third-order valence-corrected chi connectivity index (χ3v) is 4.89. The predicted molar refractivity (Wildman–Crippen MR) is 89.4 cm³/mol. The highest BCUT2D eigenvalue weighted by molar-refractivity contribution is 5.31. The van der Waals surface area contributed by atoms with Crippen LogP contribution in [0.25, 0.3) is 0 Å². The number of methoxy groups -OCH3 is 1. The largest absolute Gasteiger partial charge is 0.497 e. The average Bonchev–Trinajstić information content (AvgIpc) is 3.24. The number of nitrogens with zero attached hydrogens (tertiary/aromatic N) is 3. The minimum atomic E-state index is -0.863. The van der Waals surface area contributed by atoms with Crippen LogP contribution in [0.5, 0.6) is 5.75 Å². The summed E-state index contributed by atoms with van der Waals surface area (Å²) in [7, 11) is 1.65. The Balaban J connectivity index is 1.71. The van der Waals surface area contributed by atoms with E-state index < -0.39 is 5.60 Å². The molecule has 0 aliphatic carbocycles. The zero-order valence-electron chi connectivity index (χ0n) is 13.9. The molecule has 0 saturated carbocycles. The van der Waals surface area contributed by atoms with Gasteiger partial charge in [0.25, 0.3) is 0 Å². The van der Waals surface area contributed by atoms with Crippen molar-refractivity contribution in [3.63, 3.8) is 0 Å². The van der Waals surface area contributed by atoms with Crippen LogP contribution in [0.15, 0.2) is 43.0 Å². The molecule has 1 saturated heterocycles. The van der Waals surface area contributed by atoms with Crippen LogP contribution in [0, 0.1) is 0 Å². The van der Waals surface area contributed by atoms with Crippen LogP contribution in [0.1, 0.15) is 25.3 Å². The highest BCUT2D eigenvalue weighted by atomic mass is 16.5. The van der Waals surface area contributed by atoms with Crippen LogP contribution >= 0.6 is 0 Å². The van der Waals surface area contributed by atoms with Gasteiger partial charge in [-0.2, -0.15) is 0 Å². The van der Waals surface area contributed by atoms with Crippen LogP contribution in [0.2, 0.25) is 0 Å². The zero-order chi connectivity index (χ0) is 16.3. The van der Waals surface area contributed by atoms with Gasteiger partial charge in [-0.15, -0.1) is 0 Å². The van der Waals surface area contributed by atoms with Gasteiger partial charge in [0.15, 0.2) is 0 Å². The van der Waals surface area contributed by atoms with Gasteiger partial charge in [-0.1, -0.05) is 12.1 Å². The highest BCUT2D eigenvalue weighted by Crippen LogP contribution is 2.35. The summed E-state index contributed by atoms with van der Waals surface area (Å²) in [6.45, 7) is 4.78. The number of benzene rings is 1. The number of rotatable bonds is 6. The fraction of sp³-hybridized carbons (Fsp3) is 0.500. The summed E-state index contributed by atoms with van der Waals surface area (Å²) in [5, 5.41) is 11.2. The van der Waals surface area contributed by atoms with Gasteiger partial charge in [0.2, 0.25) is 0 Å². The average molecular weight is 315 g/mol. The Kier molecular flexibility index (Phi) is 4.68. The molecule has 5 nitrogen and oxygen atoms in total. The maximum atomic E-state index is 11.2. The van der Waals surface area contributed by atoms with Crippen molar-refractivity contribution in [2.24, 2.45) is 0 Å². The first-order chi connectivity index (χ1) is 11.1. The number of ether oxygens (including phenoxy) is 1. The summed E-state index contributed by atoms with van der Waals surface area (Å²) in [5.41, 5.74) is 0.0791. The molecule has 1 aromatic heterocycles. The van der Waals surface area contributed by atoms with E-state index in [2.05, 4.69) is 14.5 Å². The molecule has 2 atom stereocenters. The standard InChI is InChI=1S/C18H25N3O2/c1-18(22,15-5-7-16(23-2)8-6-15)17-4-3-10-21(17)13-12-20-11-9-19-14-20/h5-9,11,14,17,22H,3-4,10,12-13H2,1-2H3/t17-,18+/m0/s1. The van der Waals surface area contributed by atoms with Crippen LogP contribution < -0.4 is 4.74 Å². The first kappa shape index (κ1) is 16.0. The number of aliphatic hydroxyl groups is 1. The van der Waals surface area contributed by atoms with Crippen molar-refractivity contribution in [1.29, 1.82) is 0 Å². The lowest BCUT2D eigenvalue weighted by atomic mass is 9.86. The van der Waals surface area contributed by atoms with Crippen molar-refractivity contribution in [2.45, 2.75) is 38.0 Å².